The standard InChI is InChI=1S/C19H20ClN5/c1-12-3-8-16(13(2)9-12)25-19-17(21)18(23-11-24-19)22-10-14-4-6-15(20)7-5-14/h3-9,11H,10,21H2,1-2H3,(H2,22,23,24,25). The second-order valence-electron chi connectivity index (χ2n) is 5.91. The van der Waals surface area contributed by atoms with Crippen LogP contribution in [0.2, 0.25) is 5.02 Å². The molecule has 1 heterocycles. The molecule has 6 heteroatoms. The average molecular weight is 354 g/mol. The lowest BCUT2D eigenvalue weighted by molar-refractivity contribution is 1.09. The summed E-state index contributed by atoms with van der Waals surface area (Å²) in [7, 11) is 0. The summed E-state index contributed by atoms with van der Waals surface area (Å²) < 4.78 is 0. The van der Waals surface area contributed by atoms with Crippen molar-refractivity contribution < 1.29 is 0 Å². The Labute approximate surface area is 152 Å². The first-order valence-corrected chi connectivity index (χ1v) is 8.34. The van der Waals surface area contributed by atoms with E-state index in [1.807, 2.05) is 43.3 Å². The Morgan fingerprint density at radius 1 is 1.00 bits per heavy atom. The predicted molar refractivity (Wildman–Crippen MR) is 104 cm³/mol. The van der Waals surface area contributed by atoms with Crippen LogP contribution < -0.4 is 16.4 Å². The summed E-state index contributed by atoms with van der Waals surface area (Å²) in [4.78, 5) is 8.50. The molecule has 0 aliphatic carbocycles. The minimum atomic E-state index is 0.483. The van der Waals surface area contributed by atoms with Crippen molar-refractivity contribution in [2.24, 2.45) is 0 Å². The summed E-state index contributed by atoms with van der Waals surface area (Å²) >= 11 is 5.91. The second kappa shape index (κ2) is 7.40. The largest absolute Gasteiger partial charge is 0.393 e. The summed E-state index contributed by atoms with van der Waals surface area (Å²) in [6.07, 6.45) is 1.49. The van der Waals surface area contributed by atoms with Crippen LogP contribution >= 0.6 is 11.6 Å². The van der Waals surface area contributed by atoms with Gasteiger partial charge in [0.15, 0.2) is 11.6 Å². The number of nitrogens with two attached hydrogens (primary N) is 1. The maximum Gasteiger partial charge on any atom is 0.159 e. The molecule has 0 atom stereocenters. The molecule has 3 aromatic rings. The molecule has 0 radical (unpaired) electrons. The number of anilines is 4. The van der Waals surface area contributed by atoms with Gasteiger partial charge in [0.05, 0.1) is 0 Å². The molecule has 4 N–H and O–H groups in total. The van der Waals surface area contributed by atoms with Crippen LogP contribution in [-0.4, -0.2) is 9.97 Å². The highest BCUT2D eigenvalue weighted by atomic mass is 35.5. The zero-order valence-electron chi connectivity index (χ0n) is 14.2. The van der Waals surface area contributed by atoms with Crippen molar-refractivity contribution in [3.8, 4) is 0 Å². The van der Waals surface area contributed by atoms with Crippen molar-refractivity contribution in [1.82, 2.24) is 9.97 Å². The number of nitrogens with zero attached hydrogens (tertiary/aromatic N) is 2. The van der Waals surface area contributed by atoms with Gasteiger partial charge in [-0.1, -0.05) is 41.4 Å². The van der Waals surface area contributed by atoms with Gasteiger partial charge in [-0.05, 0) is 43.2 Å². The maximum atomic E-state index is 6.23. The van der Waals surface area contributed by atoms with Crippen molar-refractivity contribution >= 4 is 34.6 Å². The van der Waals surface area contributed by atoms with Gasteiger partial charge in [0, 0.05) is 17.3 Å². The molecule has 0 fully saturated rings. The van der Waals surface area contributed by atoms with Gasteiger partial charge in [-0.15, -0.1) is 0 Å². The van der Waals surface area contributed by atoms with E-state index >= 15 is 0 Å². The summed E-state index contributed by atoms with van der Waals surface area (Å²) in [6, 6.07) is 13.8. The first-order chi connectivity index (χ1) is 12.0. The monoisotopic (exact) mass is 353 g/mol. The van der Waals surface area contributed by atoms with Gasteiger partial charge in [0.25, 0.3) is 0 Å². The highest BCUT2D eigenvalue weighted by Crippen LogP contribution is 2.28. The Kier molecular flexibility index (Phi) is 5.05. The van der Waals surface area contributed by atoms with E-state index in [2.05, 4.69) is 33.6 Å². The Morgan fingerprint density at radius 2 is 1.72 bits per heavy atom. The Bertz CT molecular complexity index is 877. The molecule has 0 bridgehead atoms. The summed E-state index contributed by atoms with van der Waals surface area (Å²) in [5.74, 6) is 1.18. The fourth-order valence-electron chi connectivity index (χ4n) is 2.51. The third kappa shape index (κ3) is 4.19. The topological polar surface area (TPSA) is 75.9 Å². The van der Waals surface area contributed by atoms with Gasteiger partial charge in [0.2, 0.25) is 0 Å². The molecule has 2 aromatic carbocycles. The van der Waals surface area contributed by atoms with Gasteiger partial charge in [-0.25, -0.2) is 9.97 Å². The number of rotatable bonds is 5. The van der Waals surface area contributed by atoms with Gasteiger partial charge in [0.1, 0.15) is 12.0 Å². The van der Waals surface area contributed by atoms with Gasteiger partial charge in [-0.3, -0.25) is 0 Å². The molecule has 128 valence electrons. The number of nitrogen functional groups attached to an aromatic ring is 1. The van der Waals surface area contributed by atoms with Crippen LogP contribution in [0.25, 0.3) is 0 Å². The van der Waals surface area contributed by atoms with Crippen molar-refractivity contribution in [3.05, 3.63) is 70.5 Å². The molecule has 0 saturated carbocycles. The second-order valence-corrected chi connectivity index (χ2v) is 6.34. The molecule has 0 aliphatic rings. The van der Waals surface area contributed by atoms with E-state index in [-0.39, 0.29) is 0 Å². The highest BCUT2D eigenvalue weighted by molar-refractivity contribution is 6.30. The summed E-state index contributed by atoms with van der Waals surface area (Å²) in [5.41, 5.74) is 11.1. The minimum Gasteiger partial charge on any atom is -0.393 e. The maximum absolute atomic E-state index is 6.23. The molecule has 0 unspecified atom stereocenters. The minimum absolute atomic E-state index is 0.483. The third-order valence-electron chi connectivity index (χ3n) is 3.89. The fourth-order valence-corrected chi connectivity index (χ4v) is 2.63. The van der Waals surface area contributed by atoms with E-state index in [1.165, 1.54) is 11.9 Å². The molecular weight excluding hydrogens is 334 g/mol. The average Bonchev–Trinajstić information content (AvgIpc) is 2.59. The number of hydrogen-bond acceptors (Lipinski definition) is 5. The van der Waals surface area contributed by atoms with E-state index < -0.39 is 0 Å². The number of halogens is 1. The number of benzene rings is 2. The lowest BCUT2D eigenvalue weighted by Crippen LogP contribution is -2.08. The SMILES string of the molecule is Cc1ccc(Nc2ncnc(NCc3ccc(Cl)cc3)c2N)c(C)c1. The van der Waals surface area contributed by atoms with Crippen molar-refractivity contribution in [2.75, 3.05) is 16.4 Å². The summed E-state index contributed by atoms with van der Waals surface area (Å²) in [6.45, 7) is 4.71. The normalized spacial score (nSPS) is 10.5. The van der Waals surface area contributed by atoms with Crippen LogP contribution in [0, 0.1) is 13.8 Å². The van der Waals surface area contributed by atoms with Crippen LogP contribution in [0.5, 0.6) is 0 Å². The molecule has 25 heavy (non-hydrogen) atoms. The number of hydrogen-bond donors (Lipinski definition) is 3. The Morgan fingerprint density at radius 3 is 2.44 bits per heavy atom. The fraction of sp³-hybridized carbons (Fsp3) is 0.158. The van der Waals surface area contributed by atoms with Crippen LogP contribution in [0.4, 0.5) is 23.0 Å². The van der Waals surface area contributed by atoms with Crippen LogP contribution in [-0.2, 0) is 6.54 Å². The van der Waals surface area contributed by atoms with E-state index in [4.69, 9.17) is 17.3 Å². The van der Waals surface area contributed by atoms with Crippen molar-refractivity contribution in [3.63, 3.8) is 0 Å². The zero-order chi connectivity index (χ0) is 17.8. The smallest absolute Gasteiger partial charge is 0.159 e. The van der Waals surface area contributed by atoms with Gasteiger partial charge >= 0.3 is 0 Å². The van der Waals surface area contributed by atoms with Crippen LogP contribution in [0.1, 0.15) is 16.7 Å². The molecule has 0 saturated heterocycles. The molecule has 3 rings (SSSR count). The van der Waals surface area contributed by atoms with Crippen molar-refractivity contribution in [1.29, 1.82) is 0 Å². The molecular formula is C19H20ClN5. The molecule has 1 aromatic heterocycles. The number of nitrogens with one attached hydrogen (secondary N) is 2. The van der Waals surface area contributed by atoms with Gasteiger partial charge < -0.3 is 16.4 Å². The van der Waals surface area contributed by atoms with Crippen LogP contribution in [0.15, 0.2) is 48.8 Å². The lowest BCUT2D eigenvalue weighted by atomic mass is 10.1. The number of aromatic nitrogens is 2. The summed E-state index contributed by atoms with van der Waals surface area (Å²) in [5, 5.41) is 7.23. The Balaban J connectivity index is 1.76. The predicted octanol–water partition coefficient (Wildman–Crippen LogP) is 4.68. The zero-order valence-corrected chi connectivity index (χ0v) is 14.9. The van der Waals surface area contributed by atoms with E-state index in [0.29, 0.717) is 28.9 Å². The number of aryl methyl sites for hydroxylation is 2. The molecule has 0 aliphatic heterocycles. The first-order valence-electron chi connectivity index (χ1n) is 7.96. The third-order valence-corrected chi connectivity index (χ3v) is 4.14. The Hall–Kier alpha value is -2.79. The van der Waals surface area contributed by atoms with E-state index in [1.54, 1.807) is 0 Å². The van der Waals surface area contributed by atoms with Crippen LogP contribution in [0.3, 0.4) is 0 Å². The first kappa shape index (κ1) is 17.0. The quantitative estimate of drug-likeness (QED) is 0.620. The lowest BCUT2D eigenvalue weighted by Gasteiger charge is -2.14. The molecule has 5 nitrogen and oxygen atoms in total. The molecule has 0 amide bonds. The highest BCUT2D eigenvalue weighted by Gasteiger charge is 2.09. The molecule has 0 spiro atoms. The van der Waals surface area contributed by atoms with Gasteiger partial charge in [-0.2, -0.15) is 0 Å². The van der Waals surface area contributed by atoms with E-state index in [0.717, 1.165) is 16.8 Å². The van der Waals surface area contributed by atoms with Crippen molar-refractivity contribution in [2.45, 2.75) is 20.4 Å². The van der Waals surface area contributed by atoms with E-state index in [9.17, 15) is 0 Å².